The maximum Gasteiger partial charge on any atom is 0.296 e. The van der Waals surface area contributed by atoms with Crippen molar-refractivity contribution in [3.05, 3.63) is 22.7 Å². The van der Waals surface area contributed by atoms with Crippen LogP contribution in [0.1, 0.15) is 0 Å². The van der Waals surface area contributed by atoms with Gasteiger partial charge in [-0.3, -0.25) is 4.72 Å². The standard InChI is InChI=1S/C7H9BrN2O3S/c1-13-7-3-5(8)2-6(4-7)10-14(9,11)12/h2-4,10H,1H3,(H2,9,11,12). The van der Waals surface area contributed by atoms with E-state index in [4.69, 9.17) is 9.88 Å². The lowest BCUT2D eigenvalue weighted by Crippen LogP contribution is -2.21. The van der Waals surface area contributed by atoms with Gasteiger partial charge in [-0.25, -0.2) is 5.14 Å². The molecule has 0 spiro atoms. The highest BCUT2D eigenvalue weighted by atomic mass is 79.9. The van der Waals surface area contributed by atoms with Gasteiger partial charge in [0.25, 0.3) is 10.2 Å². The lowest BCUT2D eigenvalue weighted by molar-refractivity contribution is 0.415. The third-order valence-corrected chi connectivity index (χ3v) is 2.35. The molecule has 0 radical (unpaired) electrons. The van der Waals surface area contributed by atoms with Crippen LogP contribution in [-0.4, -0.2) is 15.5 Å². The summed E-state index contributed by atoms with van der Waals surface area (Å²) >= 11 is 3.21. The molecular formula is C7H9BrN2O3S. The summed E-state index contributed by atoms with van der Waals surface area (Å²) in [7, 11) is -2.26. The molecule has 0 aliphatic carbocycles. The first-order valence-electron chi connectivity index (χ1n) is 3.56. The second-order valence-electron chi connectivity index (χ2n) is 2.53. The molecule has 0 aliphatic heterocycles. The summed E-state index contributed by atoms with van der Waals surface area (Å²) in [6.07, 6.45) is 0. The first kappa shape index (κ1) is 11.3. The van der Waals surface area contributed by atoms with Gasteiger partial charge in [-0.15, -0.1) is 0 Å². The van der Waals surface area contributed by atoms with E-state index in [0.717, 1.165) is 0 Å². The molecule has 0 saturated carbocycles. The molecule has 3 N–H and O–H groups in total. The highest BCUT2D eigenvalue weighted by Gasteiger charge is 2.04. The van der Waals surface area contributed by atoms with Gasteiger partial charge in [0.1, 0.15) is 5.75 Å². The van der Waals surface area contributed by atoms with Crippen LogP contribution in [0.2, 0.25) is 0 Å². The van der Waals surface area contributed by atoms with E-state index < -0.39 is 10.2 Å². The average molecular weight is 281 g/mol. The summed E-state index contributed by atoms with van der Waals surface area (Å²) in [6.45, 7) is 0. The zero-order valence-corrected chi connectivity index (χ0v) is 9.72. The number of hydrogen-bond donors (Lipinski definition) is 2. The quantitative estimate of drug-likeness (QED) is 0.869. The molecule has 0 saturated heterocycles. The Hall–Kier alpha value is -0.790. The minimum Gasteiger partial charge on any atom is -0.497 e. The van der Waals surface area contributed by atoms with E-state index >= 15 is 0 Å². The Bertz CT molecular complexity index is 433. The van der Waals surface area contributed by atoms with Crippen LogP contribution in [-0.2, 0) is 10.2 Å². The van der Waals surface area contributed by atoms with Crippen LogP contribution >= 0.6 is 15.9 Å². The molecule has 0 amide bonds. The summed E-state index contributed by atoms with van der Waals surface area (Å²) in [5.74, 6) is 0.533. The molecule has 0 fully saturated rings. The summed E-state index contributed by atoms with van der Waals surface area (Å²) in [5, 5.41) is 4.81. The maximum absolute atomic E-state index is 10.7. The van der Waals surface area contributed by atoms with Crippen LogP contribution in [0.4, 0.5) is 5.69 Å². The van der Waals surface area contributed by atoms with Gasteiger partial charge in [-0.1, -0.05) is 15.9 Å². The molecule has 0 aliphatic rings. The van der Waals surface area contributed by atoms with Gasteiger partial charge in [-0.05, 0) is 12.1 Å². The Morgan fingerprint density at radius 3 is 2.57 bits per heavy atom. The summed E-state index contributed by atoms with van der Waals surface area (Å²) in [4.78, 5) is 0. The van der Waals surface area contributed by atoms with Crippen LogP contribution in [0.3, 0.4) is 0 Å². The van der Waals surface area contributed by atoms with Crippen LogP contribution in [0.15, 0.2) is 22.7 Å². The van der Waals surface area contributed by atoms with E-state index in [1.54, 1.807) is 12.1 Å². The van der Waals surface area contributed by atoms with Crippen LogP contribution in [0, 0.1) is 0 Å². The lowest BCUT2D eigenvalue weighted by Gasteiger charge is -2.06. The fraction of sp³-hybridized carbons (Fsp3) is 0.143. The smallest absolute Gasteiger partial charge is 0.296 e. The van der Waals surface area contributed by atoms with Crippen molar-refractivity contribution < 1.29 is 13.2 Å². The normalized spacial score (nSPS) is 11.1. The van der Waals surface area contributed by atoms with E-state index in [2.05, 4.69) is 20.7 Å². The molecule has 14 heavy (non-hydrogen) atoms. The van der Waals surface area contributed by atoms with E-state index in [0.29, 0.717) is 15.9 Å². The Balaban J connectivity index is 3.04. The van der Waals surface area contributed by atoms with Gasteiger partial charge in [0, 0.05) is 10.5 Å². The number of hydrogen-bond acceptors (Lipinski definition) is 3. The molecule has 0 aromatic heterocycles. The van der Waals surface area contributed by atoms with Crippen molar-refractivity contribution in [2.75, 3.05) is 11.8 Å². The molecule has 78 valence electrons. The Labute approximate surface area is 90.6 Å². The predicted octanol–water partition coefficient (Wildman–Crippen LogP) is 1.07. The minimum atomic E-state index is -3.75. The summed E-state index contributed by atoms with van der Waals surface area (Å²) < 4.78 is 29.2. The van der Waals surface area contributed by atoms with Gasteiger partial charge in [0.2, 0.25) is 0 Å². The van der Waals surface area contributed by atoms with E-state index in [1.165, 1.54) is 13.2 Å². The molecule has 1 aromatic carbocycles. The molecule has 0 atom stereocenters. The Morgan fingerprint density at radius 2 is 2.07 bits per heavy atom. The molecule has 5 nitrogen and oxygen atoms in total. The van der Waals surface area contributed by atoms with Gasteiger partial charge in [-0.2, -0.15) is 8.42 Å². The number of nitrogens with two attached hydrogens (primary N) is 1. The van der Waals surface area contributed by atoms with Crippen molar-refractivity contribution in [2.24, 2.45) is 5.14 Å². The molecule has 7 heteroatoms. The Morgan fingerprint density at radius 1 is 1.43 bits per heavy atom. The summed E-state index contributed by atoms with van der Waals surface area (Å²) in [6, 6.07) is 4.80. The third-order valence-electron chi connectivity index (χ3n) is 1.37. The SMILES string of the molecule is COc1cc(Br)cc(NS(N)(=O)=O)c1. The zero-order valence-electron chi connectivity index (χ0n) is 7.32. The van der Waals surface area contributed by atoms with Crippen molar-refractivity contribution in [3.63, 3.8) is 0 Å². The van der Waals surface area contributed by atoms with Crippen molar-refractivity contribution in [2.45, 2.75) is 0 Å². The fourth-order valence-electron chi connectivity index (χ4n) is 0.904. The topological polar surface area (TPSA) is 81.4 Å². The van der Waals surface area contributed by atoms with E-state index in [9.17, 15) is 8.42 Å². The van der Waals surface area contributed by atoms with Crippen molar-refractivity contribution in [3.8, 4) is 5.75 Å². The van der Waals surface area contributed by atoms with Gasteiger partial charge in [0.05, 0.1) is 12.8 Å². The van der Waals surface area contributed by atoms with E-state index in [1.807, 2.05) is 0 Å². The van der Waals surface area contributed by atoms with Crippen LogP contribution < -0.4 is 14.6 Å². The molecule has 0 unspecified atom stereocenters. The van der Waals surface area contributed by atoms with Crippen LogP contribution in [0.25, 0.3) is 0 Å². The van der Waals surface area contributed by atoms with Gasteiger partial charge in [0.15, 0.2) is 0 Å². The lowest BCUT2D eigenvalue weighted by atomic mass is 10.3. The largest absolute Gasteiger partial charge is 0.497 e. The number of anilines is 1. The number of ether oxygens (including phenoxy) is 1. The highest BCUT2D eigenvalue weighted by Crippen LogP contribution is 2.24. The molecule has 1 aromatic rings. The molecular weight excluding hydrogens is 272 g/mol. The fourth-order valence-corrected chi connectivity index (χ4v) is 1.82. The van der Waals surface area contributed by atoms with Gasteiger partial charge < -0.3 is 4.74 Å². The highest BCUT2D eigenvalue weighted by molar-refractivity contribution is 9.10. The molecule has 0 heterocycles. The molecule has 0 bridgehead atoms. The van der Waals surface area contributed by atoms with Crippen molar-refractivity contribution >= 4 is 31.8 Å². The number of methoxy groups -OCH3 is 1. The predicted molar refractivity (Wildman–Crippen MR) is 57.4 cm³/mol. The Kier molecular flexibility index (Phi) is 3.35. The van der Waals surface area contributed by atoms with Gasteiger partial charge >= 0.3 is 0 Å². The average Bonchev–Trinajstić information content (AvgIpc) is 1.99. The van der Waals surface area contributed by atoms with E-state index in [-0.39, 0.29) is 0 Å². The minimum absolute atomic E-state index is 0.346. The monoisotopic (exact) mass is 280 g/mol. The molecule has 1 rings (SSSR count). The number of halogens is 1. The first-order valence-corrected chi connectivity index (χ1v) is 5.90. The maximum atomic E-state index is 10.7. The zero-order chi connectivity index (χ0) is 10.8. The van der Waals surface area contributed by atoms with Crippen molar-refractivity contribution in [1.82, 2.24) is 0 Å². The van der Waals surface area contributed by atoms with Crippen molar-refractivity contribution in [1.29, 1.82) is 0 Å². The number of nitrogens with one attached hydrogen (secondary N) is 1. The summed E-state index contributed by atoms with van der Waals surface area (Å²) in [5.41, 5.74) is 0.346. The van der Waals surface area contributed by atoms with Crippen LogP contribution in [0.5, 0.6) is 5.75 Å². The first-order chi connectivity index (χ1) is 6.40. The number of benzene rings is 1. The second kappa shape index (κ2) is 4.16. The number of rotatable bonds is 3. The second-order valence-corrected chi connectivity index (χ2v) is 4.74. The third kappa shape index (κ3) is 3.52.